The van der Waals surface area contributed by atoms with Gasteiger partial charge in [-0.15, -0.1) is 0 Å². The second kappa shape index (κ2) is 15.7. The molecule has 0 bridgehead atoms. The molecule has 0 saturated heterocycles. The fraction of sp³-hybridized carbons (Fsp3) is 0.429. The molecule has 0 spiro atoms. The maximum absolute atomic E-state index is 14.1. The number of amides is 2. The first-order chi connectivity index (χ1) is 21.1. The zero-order valence-electron chi connectivity index (χ0n) is 26.1. The first-order valence-electron chi connectivity index (χ1n) is 15.4. The molecule has 0 unspecified atom stereocenters. The molecule has 0 heterocycles. The molecule has 1 saturated carbocycles. The van der Waals surface area contributed by atoms with Gasteiger partial charge in [0.25, 0.3) is 0 Å². The average Bonchev–Trinajstić information content (AvgIpc) is 3.01. The molecule has 1 N–H and O–H groups in total. The van der Waals surface area contributed by atoms with E-state index in [2.05, 4.69) is 5.32 Å². The van der Waals surface area contributed by atoms with Crippen LogP contribution in [0.1, 0.15) is 61.6 Å². The predicted octanol–water partition coefficient (Wildman–Crippen LogP) is 5.64. The summed E-state index contributed by atoms with van der Waals surface area (Å²) in [5.41, 5.74) is 3.33. The molecule has 44 heavy (non-hydrogen) atoms. The molecule has 1 aliphatic carbocycles. The van der Waals surface area contributed by atoms with Crippen LogP contribution in [0.4, 0.5) is 5.69 Å². The summed E-state index contributed by atoms with van der Waals surface area (Å²) >= 11 is 0. The highest BCUT2D eigenvalue weighted by Crippen LogP contribution is 2.23. The number of nitrogens with one attached hydrogen (secondary N) is 1. The SMILES string of the molecule is COc1cccc(CN(C(=O)CCCN(c2cccc(C)c2)S(C)(=O)=O)[C@H](Cc2ccccc2)C(=O)NC2CCCCC2)c1. The van der Waals surface area contributed by atoms with Crippen molar-refractivity contribution in [2.75, 3.05) is 24.2 Å². The van der Waals surface area contributed by atoms with Crippen molar-refractivity contribution >= 4 is 27.5 Å². The minimum Gasteiger partial charge on any atom is -0.497 e. The number of anilines is 1. The number of nitrogens with zero attached hydrogens (tertiary/aromatic N) is 2. The van der Waals surface area contributed by atoms with Crippen LogP contribution in [-0.4, -0.2) is 57.1 Å². The van der Waals surface area contributed by atoms with E-state index in [1.165, 1.54) is 17.0 Å². The number of carbonyl (C=O) groups excluding carboxylic acids is 2. The summed E-state index contributed by atoms with van der Waals surface area (Å²) in [4.78, 5) is 29.8. The molecule has 1 atom stereocenters. The van der Waals surface area contributed by atoms with Crippen LogP contribution in [0.15, 0.2) is 78.9 Å². The van der Waals surface area contributed by atoms with Gasteiger partial charge in [0.1, 0.15) is 11.8 Å². The molecule has 4 rings (SSSR count). The lowest BCUT2D eigenvalue weighted by atomic mass is 9.94. The molecule has 0 radical (unpaired) electrons. The Morgan fingerprint density at radius 3 is 2.32 bits per heavy atom. The molecule has 3 aromatic rings. The summed E-state index contributed by atoms with van der Waals surface area (Å²) < 4.78 is 32.2. The van der Waals surface area contributed by atoms with Crippen molar-refractivity contribution in [3.63, 3.8) is 0 Å². The van der Waals surface area contributed by atoms with E-state index in [1.54, 1.807) is 18.1 Å². The Labute approximate surface area is 262 Å². The lowest BCUT2D eigenvalue weighted by Crippen LogP contribution is -2.52. The Bertz CT molecular complexity index is 1490. The molecule has 2 amide bonds. The van der Waals surface area contributed by atoms with E-state index in [0.717, 1.165) is 42.4 Å². The van der Waals surface area contributed by atoms with E-state index >= 15 is 0 Å². The van der Waals surface area contributed by atoms with Gasteiger partial charge >= 0.3 is 0 Å². The fourth-order valence-electron chi connectivity index (χ4n) is 5.85. The Balaban J connectivity index is 1.60. The molecular weight excluding hydrogens is 574 g/mol. The summed E-state index contributed by atoms with van der Waals surface area (Å²) in [6, 6.07) is 23.9. The number of methoxy groups -OCH3 is 1. The zero-order chi connectivity index (χ0) is 31.5. The number of hydrogen-bond acceptors (Lipinski definition) is 5. The number of ether oxygens (including phenoxy) is 1. The van der Waals surface area contributed by atoms with Crippen LogP contribution in [0.2, 0.25) is 0 Å². The first kappa shape index (κ1) is 33.1. The molecule has 0 aromatic heterocycles. The van der Waals surface area contributed by atoms with Crippen LogP contribution >= 0.6 is 0 Å². The van der Waals surface area contributed by atoms with Crippen molar-refractivity contribution in [2.45, 2.75) is 76.9 Å². The van der Waals surface area contributed by atoms with Crippen molar-refractivity contribution in [3.8, 4) is 5.75 Å². The molecule has 3 aromatic carbocycles. The Morgan fingerprint density at radius 1 is 0.932 bits per heavy atom. The van der Waals surface area contributed by atoms with Crippen LogP contribution in [0.3, 0.4) is 0 Å². The highest BCUT2D eigenvalue weighted by molar-refractivity contribution is 7.92. The molecule has 8 nitrogen and oxygen atoms in total. The predicted molar refractivity (Wildman–Crippen MR) is 175 cm³/mol. The summed E-state index contributed by atoms with van der Waals surface area (Å²) in [6.45, 7) is 2.28. The van der Waals surface area contributed by atoms with Crippen molar-refractivity contribution in [3.05, 3.63) is 95.6 Å². The van der Waals surface area contributed by atoms with E-state index in [1.807, 2.05) is 79.7 Å². The van der Waals surface area contributed by atoms with Crippen molar-refractivity contribution in [1.82, 2.24) is 10.2 Å². The maximum atomic E-state index is 14.1. The lowest BCUT2D eigenvalue weighted by molar-refractivity contribution is -0.141. The molecule has 0 aliphatic heterocycles. The van der Waals surface area contributed by atoms with Gasteiger partial charge in [0.05, 0.1) is 19.1 Å². The lowest BCUT2D eigenvalue weighted by Gasteiger charge is -2.34. The van der Waals surface area contributed by atoms with Crippen LogP contribution in [0.25, 0.3) is 0 Å². The van der Waals surface area contributed by atoms with Gasteiger partial charge in [-0.05, 0) is 67.1 Å². The number of sulfonamides is 1. The van der Waals surface area contributed by atoms with Gasteiger partial charge in [-0.2, -0.15) is 0 Å². The topological polar surface area (TPSA) is 96.0 Å². The van der Waals surface area contributed by atoms with Gasteiger partial charge in [-0.1, -0.05) is 73.9 Å². The van der Waals surface area contributed by atoms with Gasteiger partial charge in [0.15, 0.2) is 0 Å². The number of hydrogen-bond donors (Lipinski definition) is 1. The molecule has 1 aliphatic rings. The van der Waals surface area contributed by atoms with Gasteiger partial charge in [-0.25, -0.2) is 8.42 Å². The van der Waals surface area contributed by atoms with Crippen LogP contribution in [-0.2, 0) is 32.6 Å². The van der Waals surface area contributed by atoms with Gasteiger partial charge in [0, 0.05) is 32.0 Å². The van der Waals surface area contributed by atoms with E-state index < -0.39 is 16.1 Å². The molecule has 1 fully saturated rings. The normalized spacial score (nSPS) is 14.4. The van der Waals surface area contributed by atoms with Gasteiger partial charge < -0.3 is 15.0 Å². The third-order valence-corrected chi connectivity index (χ3v) is 9.35. The van der Waals surface area contributed by atoms with Crippen molar-refractivity contribution in [1.29, 1.82) is 0 Å². The summed E-state index contributed by atoms with van der Waals surface area (Å²) in [5.74, 6) is 0.308. The Hall–Kier alpha value is -3.85. The van der Waals surface area contributed by atoms with Gasteiger partial charge in [0.2, 0.25) is 21.8 Å². The largest absolute Gasteiger partial charge is 0.497 e. The van der Waals surface area contributed by atoms with E-state index in [-0.39, 0.29) is 37.4 Å². The first-order valence-corrected chi connectivity index (χ1v) is 17.3. The molecule has 236 valence electrons. The smallest absolute Gasteiger partial charge is 0.243 e. The number of carbonyl (C=O) groups is 2. The quantitative estimate of drug-likeness (QED) is 0.252. The number of rotatable bonds is 14. The minimum absolute atomic E-state index is 0.0871. The van der Waals surface area contributed by atoms with Crippen LogP contribution < -0.4 is 14.4 Å². The van der Waals surface area contributed by atoms with Gasteiger partial charge in [-0.3, -0.25) is 13.9 Å². The fourth-order valence-corrected chi connectivity index (χ4v) is 6.81. The monoisotopic (exact) mass is 619 g/mol. The standard InChI is InChI=1S/C35H45N3O5S/c1-27-13-10-19-31(23-27)38(44(3,41)42)22-12-21-34(39)37(26-29-16-11-20-32(24-29)43-2)33(25-28-14-6-4-7-15-28)35(40)36-30-17-8-5-9-18-30/h4,6-7,10-11,13-16,19-20,23-24,30,33H,5,8-9,12,17-18,21-22,25-26H2,1-3H3,(H,36,40)/t33-/m1/s1. The maximum Gasteiger partial charge on any atom is 0.243 e. The molecular formula is C35H45N3O5S. The Kier molecular flexibility index (Phi) is 11.8. The van der Waals surface area contributed by atoms with Crippen molar-refractivity contribution < 1.29 is 22.7 Å². The summed E-state index contributed by atoms with van der Waals surface area (Å²) in [6.07, 6.45) is 7.15. The summed E-state index contributed by atoms with van der Waals surface area (Å²) in [7, 11) is -1.97. The molecule has 9 heteroatoms. The highest BCUT2D eigenvalue weighted by Gasteiger charge is 2.32. The average molecular weight is 620 g/mol. The third-order valence-electron chi connectivity index (χ3n) is 8.15. The second-order valence-electron chi connectivity index (χ2n) is 11.7. The van der Waals surface area contributed by atoms with E-state index in [0.29, 0.717) is 24.3 Å². The van der Waals surface area contributed by atoms with Crippen LogP contribution in [0.5, 0.6) is 5.75 Å². The second-order valence-corrected chi connectivity index (χ2v) is 13.6. The van der Waals surface area contributed by atoms with E-state index in [9.17, 15) is 18.0 Å². The van der Waals surface area contributed by atoms with Crippen molar-refractivity contribution in [2.24, 2.45) is 0 Å². The number of benzene rings is 3. The van der Waals surface area contributed by atoms with E-state index in [4.69, 9.17) is 4.74 Å². The third kappa shape index (κ3) is 9.58. The number of aryl methyl sites for hydroxylation is 1. The highest BCUT2D eigenvalue weighted by atomic mass is 32.2. The zero-order valence-corrected chi connectivity index (χ0v) is 26.9. The summed E-state index contributed by atoms with van der Waals surface area (Å²) in [5, 5.41) is 3.26. The minimum atomic E-state index is -3.57. The Morgan fingerprint density at radius 2 is 1.64 bits per heavy atom. The van der Waals surface area contributed by atoms with Crippen LogP contribution in [0, 0.1) is 6.92 Å².